The molecule has 0 spiro atoms. The van der Waals surface area contributed by atoms with Crippen LogP contribution in [0.3, 0.4) is 0 Å². The van der Waals surface area contributed by atoms with E-state index in [1.54, 1.807) is 0 Å². The normalized spacial score (nSPS) is 30.7. The van der Waals surface area contributed by atoms with E-state index in [0.717, 1.165) is 12.0 Å². The van der Waals surface area contributed by atoms with Crippen molar-refractivity contribution < 1.29 is 4.39 Å². The lowest BCUT2D eigenvalue weighted by molar-refractivity contribution is 0.355. The first-order valence-electron chi connectivity index (χ1n) is 3.82. The molecule has 3 heteroatoms. The monoisotopic (exact) mass is 177 g/mol. The Labute approximate surface area is 71.6 Å². The Hall–Kier alpha value is -0.0800. The van der Waals surface area contributed by atoms with E-state index < -0.39 is 6.17 Å². The summed E-state index contributed by atoms with van der Waals surface area (Å²) in [6.45, 7) is 4.25. The van der Waals surface area contributed by atoms with Crippen LogP contribution in [-0.2, 0) is 0 Å². The Morgan fingerprint density at radius 1 is 1.73 bits per heavy atom. The lowest BCUT2D eigenvalue weighted by Gasteiger charge is -2.09. The Bertz CT molecular complexity index is 149. The summed E-state index contributed by atoms with van der Waals surface area (Å²) < 4.78 is 12.6. The number of rotatable bonds is 3. The zero-order chi connectivity index (χ0) is 8.27. The van der Waals surface area contributed by atoms with Crippen LogP contribution >= 0.6 is 11.6 Å². The predicted octanol–water partition coefficient (Wildman–Crippen LogP) is 1.87. The molecule has 1 N–H and O–H groups in total. The molecule has 64 valence electrons. The van der Waals surface area contributed by atoms with E-state index in [0.29, 0.717) is 18.8 Å². The second kappa shape index (κ2) is 4.07. The van der Waals surface area contributed by atoms with Crippen LogP contribution in [0.2, 0.25) is 0 Å². The second-order valence-electron chi connectivity index (χ2n) is 3.03. The molecule has 11 heavy (non-hydrogen) atoms. The van der Waals surface area contributed by atoms with Gasteiger partial charge in [0.05, 0.1) is 0 Å². The van der Waals surface area contributed by atoms with Crippen LogP contribution in [0, 0.1) is 0 Å². The molecule has 0 amide bonds. The highest BCUT2D eigenvalue weighted by Gasteiger charge is 2.23. The van der Waals surface area contributed by atoms with E-state index in [2.05, 4.69) is 11.9 Å². The summed E-state index contributed by atoms with van der Waals surface area (Å²) in [6, 6.07) is 0.260. The van der Waals surface area contributed by atoms with Crippen molar-refractivity contribution >= 4 is 11.6 Å². The lowest BCUT2D eigenvalue weighted by atomic mass is 10.1. The summed E-state index contributed by atoms with van der Waals surface area (Å²) >= 11 is 5.55. The molecule has 0 aromatic rings. The topological polar surface area (TPSA) is 12.0 Å². The van der Waals surface area contributed by atoms with Crippen molar-refractivity contribution in [3.63, 3.8) is 0 Å². The Balaban J connectivity index is 2.23. The molecule has 1 saturated heterocycles. The van der Waals surface area contributed by atoms with Crippen molar-refractivity contribution in [2.45, 2.75) is 25.1 Å². The Morgan fingerprint density at radius 3 is 2.91 bits per heavy atom. The molecule has 0 aromatic carbocycles. The summed E-state index contributed by atoms with van der Waals surface area (Å²) in [4.78, 5) is 0. The van der Waals surface area contributed by atoms with Gasteiger partial charge in [-0.3, -0.25) is 0 Å². The van der Waals surface area contributed by atoms with Crippen LogP contribution in [-0.4, -0.2) is 24.6 Å². The average molecular weight is 178 g/mol. The van der Waals surface area contributed by atoms with Gasteiger partial charge in [-0.15, -0.1) is 11.6 Å². The minimum Gasteiger partial charge on any atom is -0.311 e. The fraction of sp³-hybridized carbons (Fsp3) is 0.750. The zero-order valence-electron chi connectivity index (χ0n) is 6.45. The van der Waals surface area contributed by atoms with E-state index in [9.17, 15) is 4.39 Å². The van der Waals surface area contributed by atoms with Gasteiger partial charge in [-0.1, -0.05) is 12.2 Å². The van der Waals surface area contributed by atoms with E-state index in [4.69, 9.17) is 11.6 Å². The summed E-state index contributed by atoms with van der Waals surface area (Å²) in [5.74, 6) is 0.481. The first kappa shape index (κ1) is 9.01. The van der Waals surface area contributed by atoms with E-state index in [1.807, 2.05) is 0 Å². The largest absolute Gasteiger partial charge is 0.311 e. The zero-order valence-corrected chi connectivity index (χ0v) is 7.20. The summed E-state index contributed by atoms with van der Waals surface area (Å²) in [5.41, 5.74) is 0.985. The van der Waals surface area contributed by atoms with E-state index in [-0.39, 0.29) is 6.04 Å². The smallest absolute Gasteiger partial charge is 0.114 e. The molecule has 1 aliphatic rings. The third kappa shape index (κ3) is 2.80. The van der Waals surface area contributed by atoms with Gasteiger partial charge in [0.15, 0.2) is 0 Å². The standard InChI is InChI=1S/C8H13ClFN/c1-6(4-9)2-8-3-7(10)5-11-8/h7-8,11H,1-5H2/t7-,8?/m0/s1. The molecule has 0 aromatic heterocycles. The van der Waals surface area contributed by atoms with Gasteiger partial charge in [0.25, 0.3) is 0 Å². The maximum Gasteiger partial charge on any atom is 0.114 e. The number of hydrogen-bond acceptors (Lipinski definition) is 1. The highest BCUT2D eigenvalue weighted by molar-refractivity contribution is 6.19. The van der Waals surface area contributed by atoms with Gasteiger partial charge in [0.1, 0.15) is 6.17 Å². The summed E-state index contributed by atoms with van der Waals surface area (Å²) in [7, 11) is 0. The SMILES string of the molecule is C=C(CCl)CC1C[C@H](F)CN1. The molecule has 0 bridgehead atoms. The van der Waals surface area contributed by atoms with Crippen molar-refractivity contribution in [3.8, 4) is 0 Å². The quantitative estimate of drug-likeness (QED) is 0.513. The molecule has 0 saturated carbocycles. The summed E-state index contributed by atoms with van der Waals surface area (Å²) in [6.07, 6.45) is 0.739. The predicted molar refractivity (Wildman–Crippen MR) is 45.8 cm³/mol. The van der Waals surface area contributed by atoms with Gasteiger partial charge in [0, 0.05) is 18.5 Å². The Kier molecular flexibility index (Phi) is 3.34. The molecule has 1 fully saturated rings. The number of hydrogen-bond donors (Lipinski definition) is 1. The summed E-state index contributed by atoms with van der Waals surface area (Å²) in [5, 5.41) is 3.08. The molecule has 1 unspecified atom stereocenters. The second-order valence-corrected chi connectivity index (χ2v) is 3.29. The maximum atomic E-state index is 12.6. The van der Waals surface area contributed by atoms with Crippen LogP contribution in [0.15, 0.2) is 12.2 Å². The van der Waals surface area contributed by atoms with Crippen molar-refractivity contribution in [1.82, 2.24) is 5.32 Å². The molecule has 0 radical (unpaired) electrons. The number of alkyl halides is 2. The maximum absolute atomic E-state index is 12.6. The molecular weight excluding hydrogens is 165 g/mol. The first-order chi connectivity index (χ1) is 5.22. The third-order valence-electron chi connectivity index (χ3n) is 1.89. The van der Waals surface area contributed by atoms with Gasteiger partial charge in [-0.2, -0.15) is 0 Å². The number of nitrogens with one attached hydrogen (secondary N) is 1. The molecule has 1 nitrogen and oxygen atoms in total. The fourth-order valence-electron chi connectivity index (χ4n) is 1.33. The van der Waals surface area contributed by atoms with Gasteiger partial charge in [-0.25, -0.2) is 4.39 Å². The average Bonchev–Trinajstić information content (AvgIpc) is 2.35. The van der Waals surface area contributed by atoms with Crippen LogP contribution in [0.4, 0.5) is 4.39 Å². The van der Waals surface area contributed by atoms with Crippen molar-refractivity contribution in [2.75, 3.05) is 12.4 Å². The fourth-order valence-corrected chi connectivity index (χ4v) is 1.44. The Morgan fingerprint density at radius 2 is 2.45 bits per heavy atom. The number of halogens is 2. The van der Waals surface area contributed by atoms with Gasteiger partial charge in [0.2, 0.25) is 0 Å². The van der Waals surface area contributed by atoms with Gasteiger partial charge < -0.3 is 5.32 Å². The molecular formula is C8H13ClFN. The molecule has 1 rings (SSSR count). The highest BCUT2D eigenvalue weighted by atomic mass is 35.5. The van der Waals surface area contributed by atoms with E-state index >= 15 is 0 Å². The van der Waals surface area contributed by atoms with Crippen molar-refractivity contribution in [2.24, 2.45) is 0 Å². The molecule has 0 aliphatic carbocycles. The molecule has 2 atom stereocenters. The van der Waals surface area contributed by atoms with Gasteiger partial charge >= 0.3 is 0 Å². The minimum atomic E-state index is -0.678. The van der Waals surface area contributed by atoms with Crippen LogP contribution < -0.4 is 5.32 Å². The highest BCUT2D eigenvalue weighted by Crippen LogP contribution is 2.16. The van der Waals surface area contributed by atoms with Gasteiger partial charge in [-0.05, 0) is 12.8 Å². The first-order valence-corrected chi connectivity index (χ1v) is 4.36. The van der Waals surface area contributed by atoms with Crippen molar-refractivity contribution in [3.05, 3.63) is 12.2 Å². The lowest BCUT2D eigenvalue weighted by Crippen LogP contribution is -2.21. The van der Waals surface area contributed by atoms with Crippen molar-refractivity contribution in [1.29, 1.82) is 0 Å². The van der Waals surface area contributed by atoms with Crippen LogP contribution in [0.5, 0.6) is 0 Å². The molecule has 1 heterocycles. The minimum absolute atomic E-state index is 0.260. The molecule has 1 aliphatic heterocycles. The van der Waals surface area contributed by atoms with Crippen LogP contribution in [0.25, 0.3) is 0 Å². The third-order valence-corrected chi connectivity index (χ3v) is 2.27. The van der Waals surface area contributed by atoms with E-state index in [1.165, 1.54) is 0 Å². The van der Waals surface area contributed by atoms with Crippen LogP contribution in [0.1, 0.15) is 12.8 Å².